The number of pyridine rings is 1. The van der Waals surface area contributed by atoms with E-state index in [0.717, 1.165) is 60.0 Å². The normalized spacial score (nSPS) is 16.4. The molecular weight excluding hydrogens is 324 g/mol. The summed E-state index contributed by atoms with van der Waals surface area (Å²) in [6.45, 7) is 3.70. The van der Waals surface area contributed by atoms with Crippen LogP contribution in [0.2, 0.25) is 0 Å². The van der Waals surface area contributed by atoms with Crippen LogP contribution in [0, 0.1) is 5.92 Å². The minimum atomic E-state index is 0.0226. The van der Waals surface area contributed by atoms with Crippen LogP contribution in [0.1, 0.15) is 41.4 Å². The molecule has 5 heteroatoms. The minimum absolute atomic E-state index is 0.0226. The lowest BCUT2D eigenvalue weighted by Crippen LogP contribution is -2.28. The number of fused-ring (bicyclic) bond motifs is 2. The van der Waals surface area contributed by atoms with E-state index in [9.17, 15) is 4.79 Å². The molecule has 0 saturated heterocycles. The van der Waals surface area contributed by atoms with Gasteiger partial charge in [0.25, 0.3) is 5.91 Å². The second-order valence-corrected chi connectivity index (χ2v) is 7.16. The van der Waals surface area contributed by atoms with Gasteiger partial charge in [-0.2, -0.15) is 5.10 Å². The number of nitrogens with one attached hydrogen (secondary N) is 1. The van der Waals surface area contributed by atoms with Gasteiger partial charge in [-0.3, -0.25) is 14.5 Å². The Hall–Kier alpha value is -2.69. The highest BCUT2D eigenvalue weighted by atomic mass is 16.1. The van der Waals surface area contributed by atoms with Gasteiger partial charge in [0.05, 0.1) is 11.1 Å². The van der Waals surface area contributed by atoms with Gasteiger partial charge < -0.3 is 5.32 Å². The maximum atomic E-state index is 13.0. The standard InChI is InChI=1S/C21H24N4O/c1-15-8-9-19-17(14-15)20(16-6-2-3-7-18(16)24-19)21(26)22-10-4-12-25-13-5-11-23-25/h2-3,5-7,11,13,15H,4,8-10,12,14H2,1H3,(H,22,26)/t15-/m0/s1. The largest absolute Gasteiger partial charge is 0.352 e. The monoisotopic (exact) mass is 348 g/mol. The molecule has 2 aromatic heterocycles. The highest BCUT2D eigenvalue weighted by Gasteiger charge is 2.24. The first-order chi connectivity index (χ1) is 12.7. The van der Waals surface area contributed by atoms with Crippen LogP contribution >= 0.6 is 0 Å². The topological polar surface area (TPSA) is 59.8 Å². The molecule has 0 spiro atoms. The Labute approximate surface area is 153 Å². The van der Waals surface area contributed by atoms with Crippen molar-refractivity contribution >= 4 is 16.8 Å². The van der Waals surface area contributed by atoms with Gasteiger partial charge in [0.1, 0.15) is 0 Å². The Morgan fingerprint density at radius 1 is 1.31 bits per heavy atom. The smallest absolute Gasteiger partial charge is 0.252 e. The van der Waals surface area contributed by atoms with Crippen LogP contribution in [0.15, 0.2) is 42.7 Å². The maximum Gasteiger partial charge on any atom is 0.252 e. The van der Waals surface area contributed by atoms with Crippen molar-refractivity contribution in [2.75, 3.05) is 6.54 Å². The SMILES string of the molecule is C[C@H]1CCc2nc3ccccc3c(C(=O)NCCCn3cccn3)c2C1. The zero-order valence-electron chi connectivity index (χ0n) is 15.1. The molecule has 0 aliphatic heterocycles. The molecule has 1 N–H and O–H groups in total. The summed E-state index contributed by atoms with van der Waals surface area (Å²) in [6.07, 6.45) is 7.60. The lowest BCUT2D eigenvalue weighted by Gasteiger charge is -2.24. The summed E-state index contributed by atoms with van der Waals surface area (Å²) in [5, 5.41) is 8.27. The molecule has 1 aliphatic carbocycles. The van der Waals surface area contributed by atoms with Gasteiger partial charge in [-0.25, -0.2) is 0 Å². The van der Waals surface area contributed by atoms with Crippen LogP contribution in [-0.4, -0.2) is 27.2 Å². The number of para-hydroxylation sites is 1. The quantitative estimate of drug-likeness (QED) is 0.719. The molecule has 26 heavy (non-hydrogen) atoms. The Bertz CT molecular complexity index is 917. The third-order valence-corrected chi connectivity index (χ3v) is 5.14. The average molecular weight is 348 g/mol. The van der Waals surface area contributed by atoms with Crippen LogP contribution in [-0.2, 0) is 19.4 Å². The highest BCUT2D eigenvalue weighted by molar-refractivity contribution is 6.07. The van der Waals surface area contributed by atoms with Gasteiger partial charge in [-0.05, 0) is 49.3 Å². The first-order valence-corrected chi connectivity index (χ1v) is 9.38. The van der Waals surface area contributed by atoms with Crippen molar-refractivity contribution in [1.29, 1.82) is 0 Å². The van der Waals surface area contributed by atoms with E-state index in [1.807, 2.05) is 41.2 Å². The number of aromatic nitrogens is 3. The summed E-state index contributed by atoms with van der Waals surface area (Å²) < 4.78 is 1.89. The van der Waals surface area contributed by atoms with Crippen molar-refractivity contribution in [3.05, 3.63) is 59.5 Å². The summed E-state index contributed by atoms with van der Waals surface area (Å²) >= 11 is 0. The second-order valence-electron chi connectivity index (χ2n) is 7.16. The van der Waals surface area contributed by atoms with Crippen LogP contribution in [0.3, 0.4) is 0 Å². The summed E-state index contributed by atoms with van der Waals surface area (Å²) in [5.41, 5.74) is 3.99. The Balaban J connectivity index is 1.57. The third kappa shape index (κ3) is 3.34. The number of carbonyl (C=O) groups excluding carboxylic acids is 1. The van der Waals surface area contributed by atoms with Crippen molar-refractivity contribution in [1.82, 2.24) is 20.1 Å². The summed E-state index contributed by atoms with van der Waals surface area (Å²) in [6, 6.07) is 9.90. The lowest BCUT2D eigenvalue weighted by molar-refractivity contribution is 0.0952. The van der Waals surface area contributed by atoms with E-state index in [-0.39, 0.29) is 5.91 Å². The summed E-state index contributed by atoms with van der Waals surface area (Å²) in [5.74, 6) is 0.617. The average Bonchev–Trinajstić information content (AvgIpc) is 3.16. The van der Waals surface area contributed by atoms with Crippen molar-refractivity contribution in [3.8, 4) is 0 Å². The Morgan fingerprint density at radius 3 is 3.04 bits per heavy atom. The van der Waals surface area contributed by atoms with Crippen molar-refractivity contribution in [2.24, 2.45) is 5.92 Å². The van der Waals surface area contributed by atoms with Crippen molar-refractivity contribution in [2.45, 2.75) is 39.2 Å². The summed E-state index contributed by atoms with van der Waals surface area (Å²) in [7, 11) is 0. The van der Waals surface area contributed by atoms with Crippen molar-refractivity contribution < 1.29 is 4.79 Å². The van der Waals surface area contributed by atoms with Crippen LogP contribution in [0.4, 0.5) is 0 Å². The van der Waals surface area contributed by atoms with Gasteiger partial charge in [0.2, 0.25) is 0 Å². The molecule has 4 rings (SSSR count). The molecule has 5 nitrogen and oxygen atoms in total. The van der Waals surface area contributed by atoms with Gasteiger partial charge in [0, 0.05) is 36.6 Å². The molecule has 0 bridgehead atoms. The van der Waals surface area contributed by atoms with E-state index in [1.165, 1.54) is 0 Å². The summed E-state index contributed by atoms with van der Waals surface area (Å²) in [4.78, 5) is 17.9. The Morgan fingerprint density at radius 2 is 2.19 bits per heavy atom. The van der Waals surface area contributed by atoms with Crippen molar-refractivity contribution in [3.63, 3.8) is 0 Å². The number of rotatable bonds is 5. The van der Waals surface area contributed by atoms with E-state index in [4.69, 9.17) is 4.98 Å². The van der Waals surface area contributed by atoms with Gasteiger partial charge in [0.15, 0.2) is 0 Å². The fourth-order valence-corrected chi connectivity index (χ4v) is 3.79. The fraction of sp³-hybridized carbons (Fsp3) is 0.381. The van der Waals surface area contributed by atoms with E-state index < -0.39 is 0 Å². The van der Waals surface area contributed by atoms with Gasteiger partial charge >= 0.3 is 0 Å². The second kappa shape index (κ2) is 7.28. The fourth-order valence-electron chi connectivity index (χ4n) is 3.79. The van der Waals surface area contributed by atoms with E-state index in [2.05, 4.69) is 17.3 Å². The first kappa shape index (κ1) is 16.8. The molecule has 1 aliphatic rings. The molecule has 0 radical (unpaired) electrons. The van der Waals surface area contributed by atoms with E-state index >= 15 is 0 Å². The van der Waals surface area contributed by atoms with Crippen LogP contribution < -0.4 is 5.32 Å². The number of hydrogen-bond acceptors (Lipinski definition) is 3. The molecule has 1 atom stereocenters. The zero-order chi connectivity index (χ0) is 17.9. The third-order valence-electron chi connectivity index (χ3n) is 5.14. The molecule has 1 aromatic carbocycles. The number of carbonyl (C=O) groups is 1. The number of amides is 1. The molecular formula is C21H24N4O. The zero-order valence-corrected chi connectivity index (χ0v) is 15.1. The van der Waals surface area contributed by atoms with E-state index in [0.29, 0.717) is 12.5 Å². The lowest BCUT2D eigenvalue weighted by atomic mass is 9.84. The number of nitrogens with zero attached hydrogens (tertiary/aromatic N) is 3. The molecule has 1 amide bonds. The molecule has 0 fully saturated rings. The maximum absolute atomic E-state index is 13.0. The number of benzene rings is 1. The predicted octanol–water partition coefficient (Wildman–Crippen LogP) is 3.38. The Kier molecular flexibility index (Phi) is 4.69. The molecule has 134 valence electrons. The molecule has 0 saturated carbocycles. The van der Waals surface area contributed by atoms with Crippen LogP contribution in [0.25, 0.3) is 10.9 Å². The van der Waals surface area contributed by atoms with Gasteiger partial charge in [-0.1, -0.05) is 25.1 Å². The van der Waals surface area contributed by atoms with Gasteiger partial charge in [-0.15, -0.1) is 0 Å². The highest BCUT2D eigenvalue weighted by Crippen LogP contribution is 2.31. The first-order valence-electron chi connectivity index (χ1n) is 9.38. The molecule has 0 unspecified atom stereocenters. The predicted molar refractivity (Wildman–Crippen MR) is 102 cm³/mol. The molecule has 3 aromatic rings. The minimum Gasteiger partial charge on any atom is -0.352 e. The van der Waals surface area contributed by atoms with Crippen LogP contribution in [0.5, 0.6) is 0 Å². The molecule has 2 heterocycles. The number of aryl methyl sites for hydroxylation is 2. The van der Waals surface area contributed by atoms with E-state index in [1.54, 1.807) is 6.20 Å². The number of hydrogen-bond donors (Lipinski definition) is 1.